The highest BCUT2D eigenvalue weighted by atomic mass is 16.5. The quantitative estimate of drug-likeness (QED) is 0.496. The van der Waals surface area contributed by atoms with Gasteiger partial charge in [0.05, 0.1) is 12.9 Å². The van der Waals surface area contributed by atoms with Gasteiger partial charge in [0.2, 0.25) is 0 Å². The molecule has 0 bridgehead atoms. The van der Waals surface area contributed by atoms with E-state index in [4.69, 9.17) is 4.74 Å². The van der Waals surface area contributed by atoms with Crippen LogP contribution >= 0.6 is 0 Å². The van der Waals surface area contributed by atoms with Crippen molar-refractivity contribution < 1.29 is 9.53 Å². The zero-order valence-electron chi connectivity index (χ0n) is 8.79. The van der Waals surface area contributed by atoms with Crippen LogP contribution in [-0.4, -0.2) is 12.4 Å². The number of ether oxygens (including phenoxy) is 1. The molecule has 14 heavy (non-hydrogen) atoms. The molecule has 0 amide bonds. The second-order valence-electron chi connectivity index (χ2n) is 3.57. The average molecular weight is 194 g/mol. The van der Waals surface area contributed by atoms with Crippen LogP contribution in [0.15, 0.2) is 24.0 Å². The Balaban J connectivity index is 2.25. The molecule has 0 aromatic rings. The number of hydrogen-bond donors (Lipinski definition) is 0. The van der Waals surface area contributed by atoms with E-state index in [0.717, 1.165) is 37.9 Å². The first kappa shape index (κ1) is 11.0. The topological polar surface area (TPSA) is 26.3 Å². The van der Waals surface area contributed by atoms with Crippen molar-refractivity contribution >= 4 is 5.78 Å². The lowest BCUT2D eigenvalue weighted by Crippen LogP contribution is -2.01. The minimum atomic E-state index is 0.240. The van der Waals surface area contributed by atoms with Crippen LogP contribution < -0.4 is 0 Å². The van der Waals surface area contributed by atoms with Gasteiger partial charge in [0.25, 0.3) is 0 Å². The van der Waals surface area contributed by atoms with E-state index in [1.807, 2.05) is 6.08 Å². The zero-order chi connectivity index (χ0) is 10.2. The third kappa shape index (κ3) is 4.26. The van der Waals surface area contributed by atoms with E-state index in [9.17, 15) is 4.79 Å². The number of carbonyl (C=O) groups excluding carboxylic acids is 1. The van der Waals surface area contributed by atoms with Crippen LogP contribution in [0.3, 0.4) is 0 Å². The van der Waals surface area contributed by atoms with Gasteiger partial charge in [-0.1, -0.05) is 13.3 Å². The number of carbonyl (C=O) groups is 1. The summed E-state index contributed by atoms with van der Waals surface area (Å²) in [5, 5.41) is 0. The maximum atomic E-state index is 11.1. The van der Waals surface area contributed by atoms with Crippen molar-refractivity contribution in [2.75, 3.05) is 6.61 Å². The van der Waals surface area contributed by atoms with Gasteiger partial charge in [-0.15, -0.1) is 0 Å². The summed E-state index contributed by atoms with van der Waals surface area (Å²) in [6.45, 7) is 2.91. The number of unbranched alkanes of at least 4 members (excludes halogenated alkanes) is 1. The van der Waals surface area contributed by atoms with Crippen LogP contribution in [0.1, 0.15) is 39.0 Å². The van der Waals surface area contributed by atoms with Gasteiger partial charge in [0.1, 0.15) is 0 Å². The molecule has 0 aromatic heterocycles. The van der Waals surface area contributed by atoms with E-state index in [1.165, 1.54) is 0 Å². The first-order valence-electron chi connectivity index (χ1n) is 5.34. The maximum Gasteiger partial charge on any atom is 0.155 e. The monoisotopic (exact) mass is 194 g/mol. The summed E-state index contributed by atoms with van der Waals surface area (Å²) in [4.78, 5) is 11.1. The minimum Gasteiger partial charge on any atom is -0.501 e. The molecular weight excluding hydrogens is 176 g/mol. The number of ketones is 1. The first-order valence-corrected chi connectivity index (χ1v) is 5.34. The second kappa shape index (κ2) is 6.41. The van der Waals surface area contributed by atoms with Crippen molar-refractivity contribution in [1.82, 2.24) is 0 Å². The molecule has 2 nitrogen and oxygen atoms in total. The molecule has 1 rings (SSSR count). The second-order valence-corrected chi connectivity index (χ2v) is 3.57. The van der Waals surface area contributed by atoms with Crippen LogP contribution in [-0.2, 0) is 9.53 Å². The van der Waals surface area contributed by atoms with Crippen LogP contribution in [0.4, 0.5) is 0 Å². The summed E-state index contributed by atoms with van der Waals surface area (Å²) in [5.74, 6) is 0.240. The molecule has 0 radical (unpaired) electrons. The molecule has 0 spiro atoms. The summed E-state index contributed by atoms with van der Waals surface area (Å²) in [7, 11) is 0. The fourth-order valence-electron chi connectivity index (χ4n) is 1.38. The minimum absolute atomic E-state index is 0.240. The van der Waals surface area contributed by atoms with Gasteiger partial charge >= 0.3 is 0 Å². The molecule has 0 saturated heterocycles. The average Bonchev–Trinajstić information content (AvgIpc) is 2.18. The van der Waals surface area contributed by atoms with Gasteiger partial charge < -0.3 is 4.74 Å². The lowest BCUT2D eigenvalue weighted by atomic mass is 9.99. The van der Waals surface area contributed by atoms with E-state index >= 15 is 0 Å². The highest BCUT2D eigenvalue weighted by Crippen LogP contribution is 2.15. The molecule has 0 aliphatic heterocycles. The van der Waals surface area contributed by atoms with Gasteiger partial charge in [0.15, 0.2) is 5.78 Å². The van der Waals surface area contributed by atoms with Crippen molar-refractivity contribution in [3.63, 3.8) is 0 Å². The molecule has 78 valence electrons. The highest BCUT2D eigenvalue weighted by Gasteiger charge is 2.06. The summed E-state index contributed by atoms with van der Waals surface area (Å²) in [6, 6.07) is 0. The lowest BCUT2D eigenvalue weighted by molar-refractivity contribution is -0.115. The van der Waals surface area contributed by atoms with Crippen molar-refractivity contribution in [2.24, 2.45) is 0 Å². The van der Waals surface area contributed by atoms with Gasteiger partial charge in [-0.2, -0.15) is 0 Å². The SMILES string of the molecule is CCCCO/C=C/C1=CC(=O)CCC1. The van der Waals surface area contributed by atoms with Crippen LogP contribution in [0.25, 0.3) is 0 Å². The van der Waals surface area contributed by atoms with E-state index in [1.54, 1.807) is 12.3 Å². The predicted octanol–water partition coefficient (Wildman–Crippen LogP) is 3.00. The van der Waals surface area contributed by atoms with Gasteiger partial charge in [-0.3, -0.25) is 4.79 Å². The fourth-order valence-corrected chi connectivity index (χ4v) is 1.38. The first-order chi connectivity index (χ1) is 6.83. The Morgan fingerprint density at radius 3 is 3.07 bits per heavy atom. The molecule has 1 aliphatic rings. The van der Waals surface area contributed by atoms with E-state index in [2.05, 4.69) is 6.92 Å². The van der Waals surface area contributed by atoms with E-state index < -0.39 is 0 Å². The Kier molecular flexibility index (Phi) is 5.05. The summed E-state index contributed by atoms with van der Waals surface area (Å²) < 4.78 is 5.28. The van der Waals surface area contributed by atoms with Crippen LogP contribution in [0.2, 0.25) is 0 Å². The Bertz CT molecular complexity index is 239. The molecule has 2 heteroatoms. The van der Waals surface area contributed by atoms with Crippen molar-refractivity contribution in [1.29, 1.82) is 0 Å². The predicted molar refractivity (Wildman–Crippen MR) is 56.9 cm³/mol. The Hall–Kier alpha value is -1.05. The van der Waals surface area contributed by atoms with Crippen molar-refractivity contribution in [3.05, 3.63) is 24.0 Å². The van der Waals surface area contributed by atoms with Gasteiger partial charge in [0, 0.05) is 6.42 Å². The third-order valence-corrected chi connectivity index (χ3v) is 2.23. The summed E-state index contributed by atoms with van der Waals surface area (Å²) >= 11 is 0. The number of rotatable bonds is 5. The van der Waals surface area contributed by atoms with Crippen molar-refractivity contribution in [3.8, 4) is 0 Å². The molecule has 0 aromatic carbocycles. The summed E-state index contributed by atoms with van der Waals surface area (Å²) in [5.41, 5.74) is 1.10. The molecule has 1 aliphatic carbocycles. The molecule has 0 N–H and O–H groups in total. The smallest absolute Gasteiger partial charge is 0.155 e. The summed E-state index contributed by atoms with van der Waals surface area (Å²) in [6.07, 6.45) is 10.3. The molecule has 0 saturated carbocycles. The Labute approximate surface area is 85.6 Å². The van der Waals surface area contributed by atoms with Crippen molar-refractivity contribution in [2.45, 2.75) is 39.0 Å². The van der Waals surface area contributed by atoms with Crippen LogP contribution in [0.5, 0.6) is 0 Å². The standard InChI is InChI=1S/C12H18O2/c1-2-3-8-14-9-7-11-5-4-6-12(13)10-11/h7,9-10H,2-6,8H2,1H3/b9-7+. The molecule has 0 unspecified atom stereocenters. The maximum absolute atomic E-state index is 11.1. The van der Waals surface area contributed by atoms with Crippen LogP contribution in [0, 0.1) is 0 Å². The lowest BCUT2D eigenvalue weighted by Gasteiger charge is -2.07. The fraction of sp³-hybridized carbons (Fsp3) is 0.583. The molecule has 0 heterocycles. The van der Waals surface area contributed by atoms with E-state index in [0.29, 0.717) is 6.42 Å². The molecular formula is C12H18O2. The Morgan fingerprint density at radius 2 is 2.36 bits per heavy atom. The molecule has 0 atom stereocenters. The van der Waals surface area contributed by atoms with Gasteiger partial charge in [-0.05, 0) is 37.0 Å². The molecule has 0 fully saturated rings. The third-order valence-electron chi connectivity index (χ3n) is 2.23. The largest absolute Gasteiger partial charge is 0.501 e. The van der Waals surface area contributed by atoms with Gasteiger partial charge in [-0.25, -0.2) is 0 Å². The number of hydrogen-bond acceptors (Lipinski definition) is 2. The number of allylic oxidation sites excluding steroid dienone is 3. The van der Waals surface area contributed by atoms with E-state index in [-0.39, 0.29) is 5.78 Å². The normalized spacial score (nSPS) is 17.2. The zero-order valence-corrected chi connectivity index (χ0v) is 8.79. The Morgan fingerprint density at radius 1 is 1.50 bits per heavy atom. The highest BCUT2D eigenvalue weighted by molar-refractivity contribution is 5.91.